The average Bonchev–Trinajstić information content (AvgIpc) is 2.73. The van der Waals surface area contributed by atoms with Crippen LogP contribution < -0.4 is 10.1 Å². The van der Waals surface area contributed by atoms with E-state index < -0.39 is 5.97 Å². The molecule has 5 atom stereocenters. The summed E-state index contributed by atoms with van der Waals surface area (Å²) in [5.41, 5.74) is 3.07. The number of aliphatic carboxylic acids is 1. The Balaban J connectivity index is 1.44. The molecule has 0 spiro atoms. The minimum Gasteiger partial charge on any atom is -0.507 e. The summed E-state index contributed by atoms with van der Waals surface area (Å²) in [5, 5.41) is 23.9. The van der Waals surface area contributed by atoms with Crippen molar-refractivity contribution in [1.29, 1.82) is 0 Å². The number of carboxylic acid groups (broad SMARTS) is 1. The molecule has 1 heterocycles. The highest BCUT2D eigenvalue weighted by Crippen LogP contribution is 2.52. The van der Waals surface area contributed by atoms with Crippen LogP contribution in [0.5, 0.6) is 11.5 Å². The molecule has 0 unspecified atom stereocenters. The Morgan fingerprint density at radius 2 is 2.00 bits per heavy atom. The van der Waals surface area contributed by atoms with Gasteiger partial charge in [-0.1, -0.05) is 30.3 Å². The first kappa shape index (κ1) is 21.5. The molecule has 5 heteroatoms. The van der Waals surface area contributed by atoms with E-state index in [1.54, 1.807) is 6.07 Å². The van der Waals surface area contributed by atoms with Crippen LogP contribution in [0.2, 0.25) is 0 Å². The molecule has 5 nitrogen and oxygen atoms in total. The number of fused-ring (bicyclic) bond motifs is 3. The molecule has 0 amide bonds. The summed E-state index contributed by atoms with van der Waals surface area (Å²) in [5.74, 6) is 0.224. The van der Waals surface area contributed by atoms with E-state index in [2.05, 4.69) is 43.4 Å². The quantitative estimate of drug-likeness (QED) is 0.542. The third kappa shape index (κ3) is 4.81. The van der Waals surface area contributed by atoms with Gasteiger partial charge in [-0.15, -0.1) is 0 Å². The van der Waals surface area contributed by atoms with Gasteiger partial charge >= 0.3 is 5.97 Å². The van der Waals surface area contributed by atoms with Crippen LogP contribution in [0.3, 0.4) is 0 Å². The van der Waals surface area contributed by atoms with Crippen LogP contribution in [-0.4, -0.2) is 28.3 Å². The smallest absolute Gasteiger partial charge is 0.306 e. The van der Waals surface area contributed by atoms with Gasteiger partial charge in [0.15, 0.2) is 0 Å². The predicted molar refractivity (Wildman–Crippen MR) is 122 cm³/mol. The molecule has 4 rings (SSSR count). The molecule has 1 aliphatic carbocycles. The number of anilines is 1. The first-order chi connectivity index (χ1) is 14.9. The van der Waals surface area contributed by atoms with E-state index in [9.17, 15) is 15.0 Å². The number of ether oxygens (including phenoxy) is 1. The number of nitrogens with one attached hydrogen (secondary N) is 1. The van der Waals surface area contributed by atoms with Gasteiger partial charge in [-0.3, -0.25) is 4.79 Å². The molecule has 1 fully saturated rings. The summed E-state index contributed by atoms with van der Waals surface area (Å²) in [4.78, 5) is 11.6. The van der Waals surface area contributed by atoms with E-state index in [0.717, 1.165) is 36.9 Å². The lowest BCUT2D eigenvalue weighted by molar-refractivity contribution is -0.143. The second kappa shape index (κ2) is 9.21. The van der Waals surface area contributed by atoms with Crippen LogP contribution in [0.1, 0.15) is 63.0 Å². The average molecular weight is 424 g/mol. The zero-order chi connectivity index (χ0) is 22.0. The van der Waals surface area contributed by atoms with Crippen LogP contribution >= 0.6 is 0 Å². The highest BCUT2D eigenvalue weighted by atomic mass is 16.5. The highest BCUT2D eigenvalue weighted by Gasteiger charge is 2.42. The molecule has 0 bridgehead atoms. The van der Waals surface area contributed by atoms with Crippen LogP contribution in [0, 0.1) is 11.8 Å². The van der Waals surface area contributed by atoms with E-state index in [0.29, 0.717) is 24.5 Å². The fraction of sp³-hybridized carbons (Fsp3) is 0.500. The van der Waals surface area contributed by atoms with Crippen molar-refractivity contribution in [3.63, 3.8) is 0 Å². The van der Waals surface area contributed by atoms with Crippen molar-refractivity contribution >= 4 is 11.7 Å². The van der Waals surface area contributed by atoms with Gasteiger partial charge in [0.05, 0.1) is 12.0 Å². The lowest BCUT2D eigenvalue weighted by atomic mass is 9.66. The number of hydrogen-bond donors (Lipinski definition) is 3. The van der Waals surface area contributed by atoms with Crippen LogP contribution in [0.4, 0.5) is 5.69 Å². The summed E-state index contributed by atoms with van der Waals surface area (Å²) in [7, 11) is 0. The number of rotatable bonds is 7. The third-order valence-corrected chi connectivity index (χ3v) is 7.04. The van der Waals surface area contributed by atoms with Crippen molar-refractivity contribution in [1.82, 2.24) is 0 Å². The van der Waals surface area contributed by atoms with Gasteiger partial charge in [0, 0.05) is 29.4 Å². The van der Waals surface area contributed by atoms with Crippen molar-refractivity contribution in [2.24, 2.45) is 11.8 Å². The maximum atomic E-state index is 11.6. The molecular formula is C26H33NO4. The molecule has 1 aliphatic heterocycles. The number of aromatic hydroxyl groups is 1. The topological polar surface area (TPSA) is 78.8 Å². The summed E-state index contributed by atoms with van der Waals surface area (Å²) < 4.78 is 6.14. The van der Waals surface area contributed by atoms with Crippen molar-refractivity contribution in [3.8, 4) is 11.5 Å². The minimum atomic E-state index is -0.727. The van der Waals surface area contributed by atoms with Gasteiger partial charge in [0.2, 0.25) is 0 Å². The lowest BCUT2D eigenvalue weighted by Gasteiger charge is -2.44. The molecule has 1 saturated carbocycles. The highest BCUT2D eigenvalue weighted by molar-refractivity contribution is 5.71. The van der Waals surface area contributed by atoms with Crippen molar-refractivity contribution < 1.29 is 19.7 Å². The Hall–Kier alpha value is -2.69. The number of carbonyl (C=O) groups is 1. The number of carboxylic acids is 1. The van der Waals surface area contributed by atoms with Gasteiger partial charge in [-0.25, -0.2) is 0 Å². The van der Waals surface area contributed by atoms with Gasteiger partial charge in [-0.05, 0) is 69.8 Å². The molecule has 2 aromatic rings. The maximum absolute atomic E-state index is 11.6. The molecule has 2 aliphatic rings. The summed E-state index contributed by atoms with van der Waals surface area (Å²) in [6, 6.07) is 14.4. The SMILES string of the molecule is C[C@H](CCCc1ccccc1)Oc1cc(O)c2c(c1)N[C@@H](C)[C@@H]1CC[C@@H](C(=O)O)C[C@@H]21. The van der Waals surface area contributed by atoms with Crippen molar-refractivity contribution in [2.75, 3.05) is 5.32 Å². The molecule has 2 aromatic carbocycles. The number of hydrogen-bond acceptors (Lipinski definition) is 4. The van der Waals surface area contributed by atoms with Gasteiger partial charge < -0.3 is 20.3 Å². The Bertz CT molecular complexity index is 913. The molecule has 0 radical (unpaired) electrons. The Kier molecular flexibility index (Phi) is 6.40. The van der Waals surface area contributed by atoms with Crippen LogP contribution in [0.25, 0.3) is 0 Å². The number of benzene rings is 2. The minimum absolute atomic E-state index is 0.0426. The second-order valence-electron chi connectivity index (χ2n) is 9.26. The summed E-state index contributed by atoms with van der Waals surface area (Å²) >= 11 is 0. The van der Waals surface area contributed by atoms with Crippen molar-refractivity contribution in [2.45, 2.75) is 70.4 Å². The van der Waals surface area contributed by atoms with Crippen molar-refractivity contribution in [3.05, 3.63) is 53.6 Å². The van der Waals surface area contributed by atoms with E-state index in [1.807, 2.05) is 12.1 Å². The Labute approximate surface area is 184 Å². The molecule has 0 saturated heterocycles. The molecule has 166 valence electrons. The van der Waals surface area contributed by atoms with E-state index in [4.69, 9.17) is 4.74 Å². The monoisotopic (exact) mass is 423 g/mol. The molecular weight excluding hydrogens is 390 g/mol. The summed E-state index contributed by atoms with van der Waals surface area (Å²) in [6.07, 6.45) is 5.20. The van der Waals surface area contributed by atoms with Gasteiger partial charge in [-0.2, -0.15) is 0 Å². The van der Waals surface area contributed by atoms with Crippen LogP contribution in [-0.2, 0) is 11.2 Å². The summed E-state index contributed by atoms with van der Waals surface area (Å²) in [6.45, 7) is 4.21. The van der Waals surface area contributed by atoms with Gasteiger partial charge in [0.1, 0.15) is 11.5 Å². The molecule has 3 N–H and O–H groups in total. The van der Waals surface area contributed by atoms with E-state index in [-0.39, 0.29) is 29.7 Å². The zero-order valence-electron chi connectivity index (χ0n) is 18.4. The fourth-order valence-electron chi connectivity index (χ4n) is 5.42. The number of phenols is 1. The first-order valence-corrected chi connectivity index (χ1v) is 11.5. The Morgan fingerprint density at radius 3 is 2.74 bits per heavy atom. The number of aryl methyl sites for hydroxylation is 1. The van der Waals surface area contributed by atoms with Crippen LogP contribution in [0.15, 0.2) is 42.5 Å². The Morgan fingerprint density at radius 1 is 1.23 bits per heavy atom. The maximum Gasteiger partial charge on any atom is 0.306 e. The zero-order valence-corrected chi connectivity index (χ0v) is 18.4. The molecule has 0 aromatic heterocycles. The first-order valence-electron chi connectivity index (χ1n) is 11.5. The predicted octanol–water partition coefficient (Wildman–Crippen LogP) is 5.58. The normalized spacial score (nSPS) is 25.6. The second-order valence-corrected chi connectivity index (χ2v) is 9.26. The van der Waals surface area contributed by atoms with E-state index >= 15 is 0 Å². The lowest BCUT2D eigenvalue weighted by Crippen LogP contribution is -2.40. The fourth-order valence-corrected chi connectivity index (χ4v) is 5.42. The molecule has 31 heavy (non-hydrogen) atoms. The van der Waals surface area contributed by atoms with Gasteiger partial charge in [0.25, 0.3) is 0 Å². The third-order valence-electron chi connectivity index (χ3n) is 7.04. The standard InChI is InChI=1S/C26H33NO4/c1-16(7-6-10-18-8-4-3-5-9-18)31-20-14-23-25(24(28)15-20)22-13-19(26(29)30)11-12-21(22)17(2)27-23/h3-5,8-9,14-17,19,21-22,27-28H,6-7,10-13H2,1-2H3,(H,29,30)/t16-,17+,19-,21+,22-/m1/s1. The largest absolute Gasteiger partial charge is 0.507 e. The van der Waals surface area contributed by atoms with E-state index in [1.165, 1.54) is 5.56 Å². The number of phenolic OH excluding ortho intramolecular Hbond substituents is 1.